The van der Waals surface area contributed by atoms with Crippen molar-refractivity contribution in [3.8, 4) is 0 Å². The van der Waals surface area contributed by atoms with E-state index in [4.69, 9.17) is 4.74 Å². The number of carbonyl (C=O) groups is 1. The number of ether oxygens (including phenoxy) is 1. The third-order valence-corrected chi connectivity index (χ3v) is 2.55. The largest absolute Gasteiger partial charge is 0.379 e. The monoisotopic (exact) mass is 243 g/mol. The minimum absolute atomic E-state index is 0.267. The molecule has 0 saturated heterocycles. The summed E-state index contributed by atoms with van der Waals surface area (Å²) in [5.74, 6) is 0.812. The zero-order chi connectivity index (χ0) is 13.3. The van der Waals surface area contributed by atoms with Crippen LogP contribution in [0.25, 0.3) is 0 Å². The van der Waals surface area contributed by atoms with Crippen LogP contribution >= 0.6 is 0 Å². The van der Waals surface area contributed by atoms with Crippen LogP contribution in [0.1, 0.15) is 53.4 Å². The van der Waals surface area contributed by atoms with E-state index in [-0.39, 0.29) is 5.91 Å². The van der Waals surface area contributed by atoms with Crippen LogP contribution in [-0.4, -0.2) is 37.1 Å². The van der Waals surface area contributed by atoms with Crippen molar-refractivity contribution < 1.29 is 9.53 Å². The molecule has 0 aliphatic heterocycles. The summed E-state index contributed by atoms with van der Waals surface area (Å²) < 4.78 is 5.45. The highest BCUT2D eigenvalue weighted by Crippen LogP contribution is 2.05. The van der Waals surface area contributed by atoms with Crippen LogP contribution in [0.3, 0.4) is 0 Å². The molecule has 3 nitrogen and oxygen atoms in total. The van der Waals surface area contributed by atoms with Gasteiger partial charge in [-0.05, 0) is 32.6 Å². The fraction of sp³-hybridized carbons (Fsp3) is 0.929. The van der Waals surface area contributed by atoms with Gasteiger partial charge in [-0.25, -0.2) is 0 Å². The maximum atomic E-state index is 11.7. The van der Waals surface area contributed by atoms with E-state index in [1.165, 1.54) is 0 Å². The smallest absolute Gasteiger partial charge is 0.222 e. The van der Waals surface area contributed by atoms with Crippen LogP contribution in [0, 0.1) is 5.92 Å². The molecule has 102 valence electrons. The lowest BCUT2D eigenvalue weighted by Gasteiger charge is -2.19. The van der Waals surface area contributed by atoms with Crippen molar-refractivity contribution in [3.05, 3.63) is 0 Å². The molecule has 0 spiro atoms. The van der Waals surface area contributed by atoms with E-state index in [1.54, 1.807) is 0 Å². The van der Waals surface area contributed by atoms with Crippen molar-refractivity contribution in [2.75, 3.05) is 20.2 Å². The number of hydrogen-bond donors (Lipinski definition) is 0. The van der Waals surface area contributed by atoms with Crippen LogP contribution in [0.2, 0.25) is 0 Å². The summed E-state index contributed by atoms with van der Waals surface area (Å²) in [6.45, 7) is 10.0. The van der Waals surface area contributed by atoms with Crippen LogP contribution in [0.4, 0.5) is 0 Å². The molecule has 0 aromatic carbocycles. The molecule has 0 rings (SSSR count). The molecule has 0 N–H and O–H groups in total. The van der Waals surface area contributed by atoms with Gasteiger partial charge in [0.05, 0.1) is 6.10 Å². The van der Waals surface area contributed by atoms with Crippen LogP contribution in [0.15, 0.2) is 0 Å². The van der Waals surface area contributed by atoms with Crippen molar-refractivity contribution in [2.45, 2.75) is 59.5 Å². The van der Waals surface area contributed by atoms with Gasteiger partial charge < -0.3 is 9.64 Å². The Balaban J connectivity index is 3.45. The zero-order valence-electron chi connectivity index (χ0n) is 12.2. The molecule has 0 aromatic heterocycles. The number of rotatable bonds is 9. The lowest BCUT2D eigenvalue weighted by molar-refractivity contribution is -0.130. The molecular formula is C14H29NO2. The molecule has 3 heteroatoms. The second-order valence-electron chi connectivity index (χ2n) is 5.40. The fourth-order valence-corrected chi connectivity index (χ4v) is 1.71. The van der Waals surface area contributed by atoms with E-state index in [0.717, 1.165) is 32.4 Å². The second kappa shape index (κ2) is 9.46. The van der Waals surface area contributed by atoms with E-state index >= 15 is 0 Å². The maximum Gasteiger partial charge on any atom is 0.222 e. The predicted octanol–water partition coefficient (Wildman–Crippen LogP) is 3.09. The number of hydrogen-bond acceptors (Lipinski definition) is 2. The quantitative estimate of drug-likeness (QED) is 0.582. The van der Waals surface area contributed by atoms with E-state index in [9.17, 15) is 4.79 Å². The van der Waals surface area contributed by atoms with E-state index in [0.29, 0.717) is 18.4 Å². The summed E-state index contributed by atoms with van der Waals surface area (Å²) in [7, 11) is 1.89. The average Bonchev–Trinajstić information content (AvgIpc) is 2.21. The standard InChI is InChI=1S/C14H29NO2/c1-12(2)11-15(5)14(16)9-7-6-8-10-17-13(3)4/h12-13H,6-11H2,1-5H3. The van der Waals surface area contributed by atoms with Gasteiger partial charge in [-0.15, -0.1) is 0 Å². The van der Waals surface area contributed by atoms with Crippen molar-refractivity contribution in [1.29, 1.82) is 0 Å². The lowest BCUT2D eigenvalue weighted by atomic mass is 10.1. The van der Waals surface area contributed by atoms with E-state index in [2.05, 4.69) is 13.8 Å². The van der Waals surface area contributed by atoms with Gasteiger partial charge in [0, 0.05) is 26.6 Å². The molecule has 0 atom stereocenters. The summed E-state index contributed by atoms with van der Waals surface area (Å²) in [5, 5.41) is 0. The first-order valence-corrected chi connectivity index (χ1v) is 6.79. The number of amides is 1. The van der Waals surface area contributed by atoms with Gasteiger partial charge in [-0.2, -0.15) is 0 Å². The maximum absolute atomic E-state index is 11.7. The minimum atomic E-state index is 0.267. The molecule has 0 fully saturated rings. The third-order valence-electron chi connectivity index (χ3n) is 2.55. The van der Waals surface area contributed by atoms with Crippen molar-refractivity contribution >= 4 is 5.91 Å². The first-order valence-electron chi connectivity index (χ1n) is 6.79. The predicted molar refractivity (Wildman–Crippen MR) is 72.0 cm³/mol. The zero-order valence-corrected chi connectivity index (χ0v) is 12.2. The fourth-order valence-electron chi connectivity index (χ4n) is 1.71. The summed E-state index contributed by atoms with van der Waals surface area (Å²) in [4.78, 5) is 13.6. The number of unbranched alkanes of at least 4 members (excludes halogenated alkanes) is 2. The first-order chi connectivity index (χ1) is 7.93. The topological polar surface area (TPSA) is 29.5 Å². The van der Waals surface area contributed by atoms with Gasteiger partial charge in [0.2, 0.25) is 5.91 Å². The SMILES string of the molecule is CC(C)CN(C)C(=O)CCCCCOC(C)C. The molecule has 1 amide bonds. The molecule has 0 bridgehead atoms. The molecule has 0 saturated carbocycles. The van der Waals surface area contributed by atoms with Crippen LogP contribution in [0.5, 0.6) is 0 Å². The van der Waals surface area contributed by atoms with Gasteiger partial charge in [0.15, 0.2) is 0 Å². The highest BCUT2D eigenvalue weighted by atomic mass is 16.5. The Hall–Kier alpha value is -0.570. The third kappa shape index (κ3) is 10.3. The van der Waals surface area contributed by atoms with Gasteiger partial charge in [-0.1, -0.05) is 20.3 Å². The van der Waals surface area contributed by atoms with E-state index in [1.807, 2.05) is 25.8 Å². The van der Waals surface area contributed by atoms with Gasteiger partial charge in [-0.3, -0.25) is 4.79 Å². The molecule has 0 heterocycles. The molecule has 0 radical (unpaired) electrons. The van der Waals surface area contributed by atoms with Crippen molar-refractivity contribution in [2.24, 2.45) is 5.92 Å². The Labute approximate surface area is 107 Å². The molecule has 0 aliphatic carbocycles. The van der Waals surface area contributed by atoms with Gasteiger partial charge in [0.25, 0.3) is 0 Å². The summed E-state index contributed by atoms with van der Waals surface area (Å²) in [6.07, 6.45) is 4.09. The van der Waals surface area contributed by atoms with Crippen molar-refractivity contribution in [1.82, 2.24) is 4.90 Å². The normalized spacial score (nSPS) is 11.2. The lowest BCUT2D eigenvalue weighted by Crippen LogP contribution is -2.29. The highest BCUT2D eigenvalue weighted by Gasteiger charge is 2.09. The number of nitrogens with zero attached hydrogens (tertiary/aromatic N) is 1. The average molecular weight is 243 g/mol. The van der Waals surface area contributed by atoms with Gasteiger partial charge in [0.1, 0.15) is 0 Å². The molecular weight excluding hydrogens is 214 g/mol. The second-order valence-corrected chi connectivity index (χ2v) is 5.40. The van der Waals surface area contributed by atoms with Gasteiger partial charge >= 0.3 is 0 Å². The van der Waals surface area contributed by atoms with Crippen LogP contribution in [-0.2, 0) is 9.53 Å². The Morgan fingerprint density at radius 2 is 1.76 bits per heavy atom. The summed E-state index contributed by atoms with van der Waals surface area (Å²) >= 11 is 0. The summed E-state index contributed by atoms with van der Waals surface area (Å²) in [6, 6.07) is 0. The summed E-state index contributed by atoms with van der Waals surface area (Å²) in [5.41, 5.74) is 0. The molecule has 0 aliphatic rings. The van der Waals surface area contributed by atoms with E-state index < -0.39 is 0 Å². The molecule has 0 unspecified atom stereocenters. The molecule has 17 heavy (non-hydrogen) atoms. The Morgan fingerprint density at radius 3 is 2.29 bits per heavy atom. The Morgan fingerprint density at radius 1 is 1.12 bits per heavy atom. The van der Waals surface area contributed by atoms with Crippen molar-refractivity contribution in [3.63, 3.8) is 0 Å². The minimum Gasteiger partial charge on any atom is -0.379 e. The first kappa shape index (κ1) is 16.4. The Bertz CT molecular complexity index is 202. The molecule has 0 aromatic rings. The highest BCUT2D eigenvalue weighted by molar-refractivity contribution is 5.75. The Kier molecular flexibility index (Phi) is 9.14. The van der Waals surface area contributed by atoms with Crippen LogP contribution < -0.4 is 0 Å². The number of carbonyl (C=O) groups excluding carboxylic acids is 1.